The second-order valence-corrected chi connectivity index (χ2v) is 3.25. The van der Waals surface area contributed by atoms with Crippen molar-refractivity contribution in [1.29, 1.82) is 0 Å². The third-order valence-electron chi connectivity index (χ3n) is 1.50. The zero-order valence-corrected chi connectivity index (χ0v) is 7.21. The van der Waals surface area contributed by atoms with Crippen LogP contribution in [0, 0.1) is 0 Å². The summed E-state index contributed by atoms with van der Waals surface area (Å²) in [6.45, 7) is 1.59. The topological polar surface area (TPSA) is 15.8 Å². The molecular weight excluding hydrogens is 187 g/mol. The molecule has 68 valence electrons. The summed E-state index contributed by atoms with van der Waals surface area (Å²) in [6.07, 6.45) is -3.02. The number of halogens is 3. The molecule has 0 aliphatic carbocycles. The van der Waals surface area contributed by atoms with Crippen LogP contribution in [0.3, 0.4) is 0 Å². The first kappa shape index (κ1) is 9.51. The molecule has 0 spiro atoms. The number of thiol groups is 1. The van der Waals surface area contributed by atoms with Crippen molar-refractivity contribution in [2.24, 2.45) is 0 Å². The van der Waals surface area contributed by atoms with Gasteiger partial charge in [-0.1, -0.05) is 0 Å². The molecule has 1 heterocycles. The van der Waals surface area contributed by atoms with Gasteiger partial charge in [-0.05, 0) is 13.0 Å². The van der Waals surface area contributed by atoms with E-state index in [0.717, 1.165) is 6.07 Å². The predicted molar refractivity (Wildman–Crippen MR) is 43.2 cm³/mol. The lowest BCUT2D eigenvalue weighted by Crippen LogP contribution is -2.07. The minimum Gasteiger partial charge on any atom is -0.364 e. The summed E-state index contributed by atoms with van der Waals surface area (Å²) >= 11 is 3.92. The summed E-state index contributed by atoms with van der Waals surface area (Å²) < 4.78 is 36.6. The average molecular weight is 195 g/mol. The van der Waals surface area contributed by atoms with E-state index >= 15 is 0 Å². The lowest BCUT2D eigenvalue weighted by molar-refractivity contribution is -0.138. The fourth-order valence-corrected chi connectivity index (χ4v) is 1.19. The Morgan fingerprint density at radius 3 is 2.42 bits per heavy atom. The Morgan fingerprint density at radius 1 is 1.50 bits per heavy atom. The highest BCUT2D eigenvalue weighted by Crippen LogP contribution is 2.35. The minimum atomic E-state index is -4.29. The molecule has 1 aromatic rings. The Labute approximate surface area is 73.4 Å². The van der Waals surface area contributed by atoms with Gasteiger partial charge >= 0.3 is 6.18 Å². The number of H-pyrrole nitrogens is 1. The Bertz CT molecular complexity index is 264. The van der Waals surface area contributed by atoms with Crippen LogP contribution in [-0.2, 0) is 6.18 Å². The molecule has 1 N–H and O–H groups in total. The van der Waals surface area contributed by atoms with Crippen molar-refractivity contribution in [1.82, 2.24) is 4.98 Å². The number of aromatic amines is 1. The molecule has 5 heteroatoms. The maximum atomic E-state index is 12.2. The van der Waals surface area contributed by atoms with Crippen molar-refractivity contribution in [3.8, 4) is 0 Å². The summed E-state index contributed by atoms with van der Waals surface area (Å²) in [5.74, 6) is 0. The van der Waals surface area contributed by atoms with E-state index in [1.807, 2.05) is 0 Å². The number of hydrogen-bond acceptors (Lipinski definition) is 1. The van der Waals surface area contributed by atoms with E-state index < -0.39 is 17.0 Å². The summed E-state index contributed by atoms with van der Waals surface area (Å²) in [5, 5.41) is -0.434. The summed E-state index contributed by atoms with van der Waals surface area (Å²) in [6, 6.07) is 1.02. The van der Waals surface area contributed by atoms with Gasteiger partial charge in [-0.2, -0.15) is 25.8 Å². The standard InChI is InChI=1S/C7H8F3NS/c1-4(12)6-5(2-3-11-6)7(8,9)10/h2-4,11-12H,1H3. The van der Waals surface area contributed by atoms with Crippen LogP contribution in [0.15, 0.2) is 12.3 Å². The monoisotopic (exact) mass is 195 g/mol. The lowest BCUT2D eigenvalue weighted by Gasteiger charge is -2.09. The molecule has 1 rings (SSSR count). The van der Waals surface area contributed by atoms with Crippen molar-refractivity contribution in [3.05, 3.63) is 23.5 Å². The van der Waals surface area contributed by atoms with E-state index in [1.54, 1.807) is 6.92 Å². The third-order valence-corrected chi connectivity index (χ3v) is 1.76. The van der Waals surface area contributed by atoms with Gasteiger partial charge in [0.05, 0.1) is 5.56 Å². The number of aromatic nitrogens is 1. The van der Waals surface area contributed by atoms with E-state index in [0.29, 0.717) is 0 Å². The van der Waals surface area contributed by atoms with Gasteiger partial charge in [0, 0.05) is 17.1 Å². The smallest absolute Gasteiger partial charge is 0.364 e. The highest BCUT2D eigenvalue weighted by Gasteiger charge is 2.34. The third kappa shape index (κ3) is 1.77. The minimum absolute atomic E-state index is 0.117. The maximum absolute atomic E-state index is 12.2. The maximum Gasteiger partial charge on any atom is 0.418 e. The van der Waals surface area contributed by atoms with E-state index in [4.69, 9.17) is 0 Å². The molecule has 0 saturated heterocycles. The molecule has 12 heavy (non-hydrogen) atoms. The number of alkyl halides is 3. The average Bonchev–Trinajstić information content (AvgIpc) is 2.30. The van der Waals surface area contributed by atoms with Gasteiger partial charge in [-0.15, -0.1) is 0 Å². The van der Waals surface area contributed by atoms with Gasteiger partial charge in [0.2, 0.25) is 0 Å². The first-order valence-corrected chi connectivity index (χ1v) is 3.87. The molecule has 1 atom stereocenters. The lowest BCUT2D eigenvalue weighted by atomic mass is 10.2. The Kier molecular flexibility index (Phi) is 2.41. The van der Waals surface area contributed by atoms with Crippen LogP contribution in [0.25, 0.3) is 0 Å². The number of hydrogen-bond donors (Lipinski definition) is 2. The van der Waals surface area contributed by atoms with Crippen molar-refractivity contribution in [3.63, 3.8) is 0 Å². The highest BCUT2D eigenvalue weighted by atomic mass is 32.1. The zero-order valence-electron chi connectivity index (χ0n) is 6.31. The largest absolute Gasteiger partial charge is 0.418 e. The molecule has 0 aliphatic heterocycles. The van der Waals surface area contributed by atoms with E-state index in [2.05, 4.69) is 17.6 Å². The molecule has 0 bridgehead atoms. The van der Waals surface area contributed by atoms with E-state index in [9.17, 15) is 13.2 Å². The fourth-order valence-electron chi connectivity index (χ4n) is 0.975. The molecule has 0 radical (unpaired) electrons. The molecule has 0 fully saturated rings. The Balaban J connectivity index is 3.08. The number of rotatable bonds is 1. The van der Waals surface area contributed by atoms with Crippen LogP contribution in [0.5, 0.6) is 0 Å². The molecule has 1 aromatic heterocycles. The van der Waals surface area contributed by atoms with Crippen LogP contribution >= 0.6 is 12.6 Å². The van der Waals surface area contributed by atoms with Crippen LogP contribution < -0.4 is 0 Å². The van der Waals surface area contributed by atoms with Gasteiger partial charge < -0.3 is 4.98 Å². The van der Waals surface area contributed by atoms with Crippen LogP contribution in [0.1, 0.15) is 23.4 Å². The van der Waals surface area contributed by atoms with E-state index in [1.165, 1.54) is 6.20 Å². The van der Waals surface area contributed by atoms with Gasteiger partial charge in [0.25, 0.3) is 0 Å². The number of nitrogens with one attached hydrogen (secondary N) is 1. The quantitative estimate of drug-likeness (QED) is 0.641. The molecular formula is C7H8F3NS. The molecule has 0 saturated carbocycles. The van der Waals surface area contributed by atoms with Crippen LogP contribution in [0.2, 0.25) is 0 Å². The van der Waals surface area contributed by atoms with Gasteiger partial charge in [0.15, 0.2) is 0 Å². The first-order valence-electron chi connectivity index (χ1n) is 3.35. The molecule has 1 nitrogen and oxygen atoms in total. The van der Waals surface area contributed by atoms with Crippen molar-refractivity contribution < 1.29 is 13.2 Å². The fraction of sp³-hybridized carbons (Fsp3) is 0.429. The molecule has 0 amide bonds. The molecule has 1 unspecified atom stereocenters. The zero-order chi connectivity index (χ0) is 9.35. The van der Waals surface area contributed by atoms with Crippen molar-refractivity contribution >= 4 is 12.6 Å². The Hall–Kier alpha value is -0.580. The second-order valence-electron chi connectivity index (χ2n) is 2.48. The molecule has 0 aliphatic rings. The van der Waals surface area contributed by atoms with Gasteiger partial charge in [-0.3, -0.25) is 0 Å². The van der Waals surface area contributed by atoms with E-state index in [-0.39, 0.29) is 5.69 Å². The van der Waals surface area contributed by atoms with Gasteiger partial charge in [-0.25, -0.2) is 0 Å². The summed E-state index contributed by atoms with van der Waals surface area (Å²) in [4.78, 5) is 2.52. The summed E-state index contributed by atoms with van der Waals surface area (Å²) in [5.41, 5.74) is -0.518. The normalized spacial score (nSPS) is 14.8. The second kappa shape index (κ2) is 3.05. The van der Waals surface area contributed by atoms with Crippen molar-refractivity contribution in [2.45, 2.75) is 18.3 Å². The SMILES string of the molecule is CC(S)c1[nH]ccc1C(F)(F)F. The molecule has 0 aromatic carbocycles. The first-order chi connectivity index (χ1) is 5.43. The van der Waals surface area contributed by atoms with Crippen LogP contribution in [-0.4, -0.2) is 4.98 Å². The van der Waals surface area contributed by atoms with Gasteiger partial charge in [0.1, 0.15) is 0 Å². The summed E-state index contributed by atoms with van der Waals surface area (Å²) in [7, 11) is 0. The van der Waals surface area contributed by atoms with Crippen LogP contribution in [0.4, 0.5) is 13.2 Å². The Morgan fingerprint density at radius 2 is 2.08 bits per heavy atom. The predicted octanol–water partition coefficient (Wildman–Crippen LogP) is 3.02. The highest BCUT2D eigenvalue weighted by molar-refractivity contribution is 7.80. The van der Waals surface area contributed by atoms with Crippen molar-refractivity contribution in [2.75, 3.05) is 0 Å².